The van der Waals surface area contributed by atoms with Crippen LogP contribution in [0.1, 0.15) is 35.2 Å². The van der Waals surface area contributed by atoms with Gasteiger partial charge in [0, 0.05) is 30.3 Å². The smallest absolute Gasteiger partial charge is 0.328 e. The van der Waals surface area contributed by atoms with Gasteiger partial charge in [0.15, 0.2) is 0 Å². The van der Waals surface area contributed by atoms with Crippen LogP contribution in [0.5, 0.6) is 5.75 Å². The summed E-state index contributed by atoms with van der Waals surface area (Å²) >= 11 is 0. The van der Waals surface area contributed by atoms with Crippen LogP contribution in [0.3, 0.4) is 0 Å². The predicted octanol–water partition coefficient (Wildman–Crippen LogP) is 1.55. The van der Waals surface area contributed by atoms with E-state index in [1.54, 1.807) is 0 Å². The topological polar surface area (TPSA) is 116 Å². The van der Waals surface area contributed by atoms with Crippen LogP contribution in [0.25, 0.3) is 0 Å². The van der Waals surface area contributed by atoms with Crippen molar-refractivity contribution in [3.8, 4) is 5.75 Å². The van der Waals surface area contributed by atoms with Gasteiger partial charge in [-0.15, -0.1) is 0 Å². The van der Waals surface area contributed by atoms with Gasteiger partial charge in [0.1, 0.15) is 5.75 Å². The molecule has 3 fully saturated rings. The van der Waals surface area contributed by atoms with Crippen molar-refractivity contribution in [2.45, 2.75) is 31.7 Å². The van der Waals surface area contributed by atoms with Crippen molar-refractivity contribution >= 4 is 17.8 Å². The molecule has 3 saturated heterocycles. The highest BCUT2D eigenvalue weighted by Crippen LogP contribution is 2.28. The first-order valence-electron chi connectivity index (χ1n) is 9.85. The van der Waals surface area contributed by atoms with Gasteiger partial charge in [-0.2, -0.15) is 0 Å². The molecule has 0 spiro atoms. The van der Waals surface area contributed by atoms with Gasteiger partial charge in [0.2, 0.25) is 0 Å². The zero-order valence-electron chi connectivity index (χ0n) is 16.2. The number of hydrogen-bond acceptors (Lipinski definition) is 5. The standard InChI is InChI=1S/C17H22N2O2.C4H4O4/c20-17(18-15-11-19-7-5-12(15)6-8-19)14-3-4-16-13(10-14)2-1-9-21-16;5-3(6)1-2-4(7)8/h3-4,10,12,15H,1-2,5-9,11H2,(H,18,20);1-2H,(H,5,6)(H,7,8)/b;2-1+. The van der Waals surface area contributed by atoms with Crippen LogP contribution in [0.15, 0.2) is 30.4 Å². The van der Waals surface area contributed by atoms with E-state index < -0.39 is 11.9 Å². The van der Waals surface area contributed by atoms with Crippen molar-refractivity contribution in [3.63, 3.8) is 0 Å². The maximum absolute atomic E-state index is 12.5. The maximum Gasteiger partial charge on any atom is 0.328 e. The predicted molar refractivity (Wildman–Crippen MR) is 105 cm³/mol. The number of carbonyl (C=O) groups is 3. The Kier molecular flexibility index (Phi) is 6.87. The van der Waals surface area contributed by atoms with E-state index in [4.69, 9.17) is 14.9 Å². The van der Waals surface area contributed by atoms with Crippen molar-refractivity contribution in [2.75, 3.05) is 26.2 Å². The molecule has 4 aliphatic rings. The van der Waals surface area contributed by atoms with Gasteiger partial charge >= 0.3 is 11.9 Å². The van der Waals surface area contributed by atoms with E-state index in [9.17, 15) is 14.4 Å². The number of ether oxygens (including phenoxy) is 1. The number of aliphatic carboxylic acids is 2. The minimum atomic E-state index is -1.26. The lowest BCUT2D eigenvalue weighted by Crippen LogP contribution is -2.57. The molecule has 1 aromatic carbocycles. The van der Waals surface area contributed by atoms with Crippen molar-refractivity contribution in [1.82, 2.24) is 10.2 Å². The first-order valence-corrected chi connectivity index (χ1v) is 9.85. The molecule has 4 heterocycles. The SMILES string of the molecule is O=C(NC1CN2CCC1CC2)c1ccc2c(c1)CCCO2.O=C(O)/C=C/C(=O)O. The number of nitrogens with zero attached hydrogens (tertiary/aromatic N) is 1. The van der Waals surface area contributed by atoms with Gasteiger partial charge < -0.3 is 25.2 Å². The molecule has 3 N–H and O–H groups in total. The molecule has 0 saturated carbocycles. The van der Waals surface area contributed by atoms with Gasteiger partial charge in [0.25, 0.3) is 5.91 Å². The van der Waals surface area contributed by atoms with Crippen molar-refractivity contribution in [3.05, 3.63) is 41.5 Å². The zero-order chi connectivity index (χ0) is 20.8. The van der Waals surface area contributed by atoms with Crippen LogP contribution < -0.4 is 10.1 Å². The third-order valence-electron chi connectivity index (χ3n) is 5.51. The van der Waals surface area contributed by atoms with Gasteiger partial charge in [-0.05, 0) is 68.5 Å². The quantitative estimate of drug-likeness (QED) is 0.654. The zero-order valence-corrected chi connectivity index (χ0v) is 16.2. The molecule has 8 heteroatoms. The number of benzene rings is 1. The van der Waals surface area contributed by atoms with E-state index in [0.717, 1.165) is 37.3 Å². The Labute approximate surface area is 169 Å². The highest BCUT2D eigenvalue weighted by Gasteiger charge is 2.35. The van der Waals surface area contributed by atoms with Crippen molar-refractivity contribution < 1.29 is 29.3 Å². The highest BCUT2D eigenvalue weighted by atomic mass is 16.5. The Hall–Kier alpha value is -2.87. The van der Waals surface area contributed by atoms with Gasteiger partial charge in [-0.3, -0.25) is 4.79 Å². The summed E-state index contributed by atoms with van der Waals surface area (Å²) < 4.78 is 5.61. The second kappa shape index (κ2) is 9.56. The Morgan fingerprint density at radius 2 is 1.79 bits per heavy atom. The molecule has 29 heavy (non-hydrogen) atoms. The number of nitrogens with one attached hydrogen (secondary N) is 1. The minimum absolute atomic E-state index is 0.0714. The molecule has 0 radical (unpaired) electrons. The average Bonchev–Trinajstić information content (AvgIpc) is 2.73. The number of carbonyl (C=O) groups excluding carboxylic acids is 1. The number of rotatable bonds is 4. The number of hydrogen-bond donors (Lipinski definition) is 3. The van der Waals surface area contributed by atoms with Crippen LogP contribution >= 0.6 is 0 Å². The maximum atomic E-state index is 12.5. The fourth-order valence-corrected chi connectivity index (χ4v) is 4.02. The van der Waals surface area contributed by atoms with E-state index in [2.05, 4.69) is 10.2 Å². The fraction of sp³-hybridized carbons (Fsp3) is 0.476. The second-order valence-electron chi connectivity index (χ2n) is 7.50. The highest BCUT2D eigenvalue weighted by molar-refractivity contribution is 5.95. The summed E-state index contributed by atoms with van der Waals surface area (Å²) in [6.45, 7) is 4.21. The lowest BCUT2D eigenvalue weighted by Gasteiger charge is -2.44. The number of fused-ring (bicyclic) bond motifs is 4. The minimum Gasteiger partial charge on any atom is -0.493 e. The summed E-state index contributed by atoms with van der Waals surface area (Å²) in [5.41, 5.74) is 1.94. The first kappa shape index (κ1) is 20.9. The Bertz CT molecular complexity index is 782. The first-order chi connectivity index (χ1) is 13.9. The van der Waals surface area contributed by atoms with Crippen LogP contribution in [0.4, 0.5) is 0 Å². The summed E-state index contributed by atoms with van der Waals surface area (Å²) in [6, 6.07) is 6.17. The van der Waals surface area contributed by atoms with Crippen LogP contribution in [0.2, 0.25) is 0 Å². The van der Waals surface area contributed by atoms with Gasteiger partial charge in [-0.1, -0.05) is 0 Å². The Morgan fingerprint density at radius 3 is 2.38 bits per heavy atom. The molecule has 1 amide bonds. The number of carboxylic acid groups (broad SMARTS) is 2. The molecule has 0 aromatic heterocycles. The molecule has 1 atom stereocenters. The van der Waals surface area contributed by atoms with Crippen LogP contribution in [0, 0.1) is 5.92 Å². The van der Waals surface area contributed by atoms with Crippen molar-refractivity contribution in [2.24, 2.45) is 5.92 Å². The summed E-state index contributed by atoms with van der Waals surface area (Å²) in [5, 5.41) is 18.9. The van der Waals surface area contributed by atoms with E-state index in [1.165, 1.54) is 31.5 Å². The monoisotopic (exact) mass is 402 g/mol. The molecule has 4 aliphatic heterocycles. The third kappa shape index (κ3) is 5.80. The molecule has 0 aliphatic carbocycles. The molecular formula is C21H26N2O6. The van der Waals surface area contributed by atoms with E-state index in [0.29, 0.717) is 24.1 Å². The average molecular weight is 402 g/mol. The summed E-state index contributed by atoms with van der Waals surface area (Å²) in [6.07, 6.45) is 5.62. The van der Waals surface area contributed by atoms with E-state index >= 15 is 0 Å². The molecule has 5 rings (SSSR count). The molecule has 1 unspecified atom stereocenters. The normalized spacial score (nSPS) is 24.6. The number of carboxylic acids is 2. The molecular weight excluding hydrogens is 376 g/mol. The molecule has 156 valence electrons. The Balaban J connectivity index is 0.000000258. The van der Waals surface area contributed by atoms with Gasteiger partial charge in [-0.25, -0.2) is 9.59 Å². The lowest BCUT2D eigenvalue weighted by molar-refractivity contribution is -0.134. The van der Waals surface area contributed by atoms with Crippen molar-refractivity contribution in [1.29, 1.82) is 0 Å². The molecule has 2 bridgehead atoms. The van der Waals surface area contributed by atoms with E-state index in [1.807, 2.05) is 18.2 Å². The second-order valence-corrected chi connectivity index (χ2v) is 7.50. The fourth-order valence-electron chi connectivity index (χ4n) is 4.02. The van der Waals surface area contributed by atoms with Crippen LogP contribution in [-0.4, -0.2) is 65.2 Å². The third-order valence-corrected chi connectivity index (χ3v) is 5.51. The molecule has 1 aromatic rings. The van der Waals surface area contributed by atoms with Gasteiger partial charge in [0.05, 0.1) is 6.61 Å². The Morgan fingerprint density at radius 1 is 1.10 bits per heavy atom. The summed E-state index contributed by atoms with van der Waals surface area (Å²) in [7, 11) is 0. The summed E-state index contributed by atoms with van der Waals surface area (Å²) in [5.74, 6) is -0.831. The molecule has 8 nitrogen and oxygen atoms in total. The number of amides is 1. The number of piperidine rings is 3. The summed E-state index contributed by atoms with van der Waals surface area (Å²) in [4.78, 5) is 34.1. The number of aryl methyl sites for hydroxylation is 1. The lowest BCUT2D eigenvalue weighted by atomic mass is 9.84. The largest absolute Gasteiger partial charge is 0.493 e. The van der Waals surface area contributed by atoms with Crippen LogP contribution in [-0.2, 0) is 16.0 Å². The van der Waals surface area contributed by atoms with E-state index in [-0.39, 0.29) is 5.91 Å².